The standard InChI is InChI=1S/C19H19ClFN3O3/c1-24(12-17(25)23-14-8-6-13(21)7-9-14)18(26)10-11-22-19(27)15-4-2-3-5-16(15)20/h2-9H,10-12H2,1H3,(H,22,27)(H,23,25). The van der Waals surface area contributed by atoms with E-state index in [0.717, 1.165) is 0 Å². The number of carbonyl (C=O) groups excluding carboxylic acids is 3. The lowest BCUT2D eigenvalue weighted by Crippen LogP contribution is -2.37. The molecule has 0 saturated heterocycles. The first-order valence-electron chi connectivity index (χ1n) is 8.19. The summed E-state index contributed by atoms with van der Waals surface area (Å²) in [6.45, 7) is -0.0402. The van der Waals surface area contributed by atoms with Gasteiger partial charge in [-0.25, -0.2) is 4.39 Å². The Morgan fingerprint density at radius 3 is 2.41 bits per heavy atom. The second-order valence-corrected chi connectivity index (χ2v) is 6.20. The Bertz CT molecular complexity index is 827. The molecule has 0 atom stereocenters. The van der Waals surface area contributed by atoms with Gasteiger partial charge >= 0.3 is 0 Å². The largest absolute Gasteiger partial charge is 0.351 e. The number of anilines is 1. The van der Waals surface area contributed by atoms with E-state index in [-0.39, 0.29) is 31.3 Å². The maximum Gasteiger partial charge on any atom is 0.252 e. The van der Waals surface area contributed by atoms with Gasteiger partial charge in [0, 0.05) is 25.7 Å². The summed E-state index contributed by atoms with van der Waals surface area (Å²) < 4.78 is 12.8. The third-order valence-corrected chi connectivity index (χ3v) is 4.01. The van der Waals surface area contributed by atoms with Crippen LogP contribution in [-0.2, 0) is 9.59 Å². The first kappa shape index (κ1) is 20.4. The molecule has 0 unspecified atom stereocenters. The predicted molar refractivity (Wildman–Crippen MR) is 101 cm³/mol. The molecule has 0 aliphatic heterocycles. The molecular weight excluding hydrogens is 373 g/mol. The average Bonchev–Trinajstić information content (AvgIpc) is 2.63. The van der Waals surface area contributed by atoms with Crippen LogP contribution in [0.5, 0.6) is 0 Å². The smallest absolute Gasteiger partial charge is 0.252 e. The summed E-state index contributed by atoms with van der Waals surface area (Å²) in [5.41, 5.74) is 0.771. The van der Waals surface area contributed by atoms with Gasteiger partial charge in [0.25, 0.3) is 5.91 Å². The highest BCUT2D eigenvalue weighted by atomic mass is 35.5. The van der Waals surface area contributed by atoms with Crippen LogP contribution in [0, 0.1) is 5.82 Å². The topological polar surface area (TPSA) is 78.5 Å². The third-order valence-electron chi connectivity index (χ3n) is 3.68. The predicted octanol–water partition coefficient (Wildman–Crippen LogP) is 2.70. The van der Waals surface area contributed by atoms with Crippen molar-refractivity contribution in [1.29, 1.82) is 0 Å². The zero-order chi connectivity index (χ0) is 19.8. The fourth-order valence-corrected chi connectivity index (χ4v) is 2.47. The lowest BCUT2D eigenvalue weighted by atomic mass is 10.2. The third kappa shape index (κ3) is 6.38. The van der Waals surface area contributed by atoms with E-state index < -0.39 is 11.7 Å². The quantitative estimate of drug-likeness (QED) is 0.761. The van der Waals surface area contributed by atoms with Crippen LogP contribution in [0.3, 0.4) is 0 Å². The number of hydrogen-bond donors (Lipinski definition) is 2. The van der Waals surface area contributed by atoms with Gasteiger partial charge in [0.05, 0.1) is 17.1 Å². The summed E-state index contributed by atoms with van der Waals surface area (Å²) in [6, 6.07) is 11.9. The first-order chi connectivity index (χ1) is 12.9. The van der Waals surface area contributed by atoms with Crippen LogP contribution in [0.2, 0.25) is 5.02 Å². The van der Waals surface area contributed by atoms with Crippen molar-refractivity contribution in [2.75, 3.05) is 25.5 Å². The van der Waals surface area contributed by atoms with Crippen LogP contribution in [-0.4, -0.2) is 42.8 Å². The Morgan fingerprint density at radius 1 is 1.07 bits per heavy atom. The van der Waals surface area contributed by atoms with E-state index in [1.165, 1.54) is 36.2 Å². The fourth-order valence-electron chi connectivity index (χ4n) is 2.25. The molecular formula is C19H19ClFN3O3. The molecule has 142 valence electrons. The number of hydrogen-bond acceptors (Lipinski definition) is 3. The molecule has 0 aliphatic rings. The van der Waals surface area contributed by atoms with Gasteiger partial charge in [-0.2, -0.15) is 0 Å². The van der Waals surface area contributed by atoms with Crippen LogP contribution in [0.15, 0.2) is 48.5 Å². The van der Waals surface area contributed by atoms with Gasteiger partial charge in [0.1, 0.15) is 5.82 Å². The molecule has 2 aromatic carbocycles. The molecule has 6 nitrogen and oxygen atoms in total. The van der Waals surface area contributed by atoms with Crippen LogP contribution in [0.4, 0.5) is 10.1 Å². The highest BCUT2D eigenvalue weighted by Gasteiger charge is 2.14. The normalized spacial score (nSPS) is 10.2. The van der Waals surface area contributed by atoms with Crippen molar-refractivity contribution in [1.82, 2.24) is 10.2 Å². The zero-order valence-corrected chi connectivity index (χ0v) is 15.4. The number of halogens is 2. The van der Waals surface area contributed by atoms with Crippen molar-refractivity contribution in [3.63, 3.8) is 0 Å². The van der Waals surface area contributed by atoms with Gasteiger partial charge in [0.15, 0.2) is 0 Å². The van der Waals surface area contributed by atoms with Crippen molar-refractivity contribution in [2.45, 2.75) is 6.42 Å². The van der Waals surface area contributed by atoms with Crippen LogP contribution in [0.1, 0.15) is 16.8 Å². The van der Waals surface area contributed by atoms with E-state index >= 15 is 0 Å². The van der Waals surface area contributed by atoms with E-state index in [4.69, 9.17) is 11.6 Å². The van der Waals surface area contributed by atoms with Crippen molar-refractivity contribution in [3.05, 3.63) is 64.9 Å². The summed E-state index contributed by atoms with van der Waals surface area (Å²) >= 11 is 5.94. The molecule has 2 rings (SSSR count). The monoisotopic (exact) mass is 391 g/mol. The highest BCUT2D eigenvalue weighted by molar-refractivity contribution is 6.33. The van der Waals surface area contributed by atoms with E-state index in [9.17, 15) is 18.8 Å². The molecule has 27 heavy (non-hydrogen) atoms. The Kier molecular flexibility index (Phi) is 7.31. The maximum absolute atomic E-state index is 12.8. The van der Waals surface area contributed by atoms with Gasteiger partial charge in [0.2, 0.25) is 11.8 Å². The number of carbonyl (C=O) groups is 3. The summed E-state index contributed by atoms with van der Waals surface area (Å²) in [6.07, 6.45) is 0.0382. The molecule has 0 spiro atoms. The summed E-state index contributed by atoms with van der Waals surface area (Å²) in [5.74, 6) is -1.48. The van der Waals surface area contributed by atoms with Gasteiger partial charge in [-0.15, -0.1) is 0 Å². The first-order valence-corrected chi connectivity index (χ1v) is 8.56. The number of likely N-dealkylation sites (N-methyl/N-ethyl adjacent to an activating group) is 1. The Labute approximate surface area is 161 Å². The molecule has 0 bridgehead atoms. The molecule has 3 amide bonds. The molecule has 0 radical (unpaired) electrons. The second-order valence-electron chi connectivity index (χ2n) is 5.79. The number of nitrogens with zero attached hydrogens (tertiary/aromatic N) is 1. The van der Waals surface area contributed by atoms with Gasteiger partial charge in [-0.3, -0.25) is 14.4 Å². The molecule has 0 saturated carbocycles. The second kappa shape index (κ2) is 9.68. The van der Waals surface area contributed by atoms with E-state index in [1.807, 2.05) is 0 Å². The van der Waals surface area contributed by atoms with Gasteiger partial charge in [-0.05, 0) is 36.4 Å². The van der Waals surface area contributed by atoms with Crippen molar-refractivity contribution in [3.8, 4) is 0 Å². The lowest BCUT2D eigenvalue weighted by Gasteiger charge is -2.17. The average molecular weight is 392 g/mol. The van der Waals surface area contributed by atoms with Crippen molar-refractivity contribution >= 4 is 35.0 Å². The maximum atomic E-state index is 12.8. The summed E-state index contributed by atoms with van der Waals surface area (Å²) in [4.78, 5) is 37.3. The minimum atomic E-state index is -0.405. The molecule has 2 aromatic rings. The zero-order valence-electron chi connectivity index (χ0n) is 14.7. The molecule has 8 heteroatoms. The Balaban J connectivity index is 1.75. The number of benzene rings is 2. The van der Waals surface area contributed by atoms with E-state index in [1.54, 1.807) is 24.3 Å². The number of nitrogens with one attached hydrogen (secondary N) is 2. The van der Waals surface area contributed by atoms with Crippen LogP contribution < -0.4 is 10.6 Å². The summed E-state index contributed by atoms with van der Waals surface area (Å²) in [5, 5.41) is 5.52. The number of amides is 3. The van der Waals surface area contributed by atoms with Crippen molar-refractivity contribution < 1.29 is 18.8 Å². The lowest BCUT2D eigenvalue weighted by molar-refractivity contribution is -0.133. The SMILES string of the molecule is CN(CC(=O)Nc1ccc(F)cc1)C(=O)CCNC(=O)c1ccccc1Cl. The summed E-state index contributed by atoms with van der Waals surface area (Å²) in [7, 11) is 1.49. The highest BCUT2D eigenvalue weighted by Crippen LogP contribution is 2.14. The van der Waals surface area contributed by atoms with Gasteiger partial charge < -0.3 is 15.5 Å². The number of rotatable bonds is 7. The molecule has 0 aromatic heterocycles. The van der Waals surface area contributed by atoms with Crippen LogP contribution >= 0.6 is 11.6 Å². The Morgan fingerprint density at radius 2 is 1.74 bits per heavy atom. The molecule has 0 heterocycles. The van der Waals surface area contributed by atoms with Gasteiger partial charge in [-0.1, -0.05) is 23.7 Å². The molecule has 0 aliphatic carbocycles. The fraction of sp³-hybridized carbons (Fsp3) is 0.211. The Hall–Kier alpha value is -2.93. The minimum Gasteiger partial charge on any atom is -0.351 e. The van der Waals surface area contributed by atoms with Crippen LogP contribution in [0.25, 0.3) is 0 Å². The van der Waals surface area contributed by atoms with E-state index in [0.29, 0.717) is 16.3 Å². The van der Waals surface area contributed by atoms with Crippen molar-refractivity contribution in [2.24, 2.45) is 0 Å². The van der Waals surface area contributed by atoms with E-state index in [2.05, 4.69) is 10.6 Å². The minimum absolute atomic E-state index is 0.0382. The molecule has 2 N–H and O–H groups in total. The molecule has 0 fully saturated rings.